The molecule has 2 aromatic carbocycles. The fourth-order valence-corrected chi connectivity index (χ4v) is 3.70. The largest absolute Gasteiger partial charge is 0.331 e. The molecule has 108 valence electrons. The first-order valence-corrected chi connectivity index (χ1v) is 8.13. The van der Waals surface area contributed by atoms with E-state index in [1.54, 1.807) is 12.1 Å². The second-order valence-corrected chi connectivity index (χ2v) is 6.41. The van der Waals surface area contributed by atoms with Crippen molar-refractivity contribution in [3.05, 3.63) is 59.1 Å². The standard InChI is InChI=1S/C16H15ClN2OS/c17-11-4-3-5-12(10-11)18-16(20)19-14-8-9-21-15-7-2-1-6-13(14)15/h1-7,10,14H,8-9H2,(H2,18,19,20)/t14-/m0/s1. The number of thioether (sulfide) groups is 1. The third-order valence-corrected chi connectivity index (χ3v) is 4.70. The summed E-state index contributed by atoms with van der Waals surface area (Å²) < 4.78 is 0. The summed E-state index contributed by atoms with van der Waals surface area (Å²) in [7, 11) is 0. The Labute approximate surface area is 133 Å². The van der Waals surface area contributed by atoms with E-state index in [-0.39, 0.29) is 12.1 Å². The Morgan fingerprint density at radius 1 is 1.19 bits per heavy atom. The zero-order chi connectivity index (χ0) is 14.7. The van der Waals surface area contributed by atoms with E-state index in [9.17, 15) is 4.79 Å². The van der Waals surface area contributed by atoms with Crippen LogP contribution in [0.5, 0.6) is 0 Å². The molecule has 0 aromatic heterocycles. The first-order valence-electron chi connectivity index (χ1n) is 6.77. The zero-order valence-electron chi connectivity index (χ0n) is 11.3. The summed E-state index contributed by atoms with van der Waals surface area (Å²) in [5.41, 5.74) is 1.88. The van der Waals surface area contributed by atoms with Crippen molar-refractivity contribution in [1.29, 1.82) is 0 Å². The molecule has 3 nitrogen and oxygen atoms in total. The first-order chi connectivity index (χ1) is 10.2. The smallest absolute Gasteiger partial charge is 0.319 e. The second-order valence-electron chi connectivity index (χ2n) is 4.84. The molecule has 0 bridgehead atoms. The lowest BCUT2D eigenvalue weighted by molar-refractivity contribution is 0.248. The highest BCUT2D eigenvalue weighted by atomic mass is 35.5. The molecular weight excluding hydrogens is 304 g/mol. The van der Waals surface area contributed by atoms with Gasteiger partial charge < -0.3 is 10.6 Å². The minimum absolute atomic E-state index is 0.0571. The van der Waals surface area contributed by atoms with Gasteiger partial charge in [-0.2, -0.15) is 0 Å². The van der Waals surface area contributed by atoms with E-state index in [0.29, 0.717) is 10.7 Å². The van der Waals surface area contributed by atoms with Gasteiger partial charge in [0.1, 0.15) is 0 Å². The number of hydrogen-bond acceptors (Lipinski definition) is 2. The average molecular weight is 319 g/mol. The zero-order valence-corrected chi connectivity index (χ0v) is 12.9. The molecule has 0 unspecified atom stereocenters. The lowest BCUT2D eigenvalue weighted by Crippen LogP contribution is -2.34. The molecule has 5 heteroatoms. The van der Waals surface area contributed by atoms with Crippen molar-refractivity contribution in [2.75, 3.05) is 11.1 Å². The Hall–Kier alpha value is -1.65. The van der Waals surface area contributed by atoms with Crippen molar-refractivity contribution in [2.45, 2.75) is 17.4 Å². The summed E-state index contributed by atoms with van der Waals surface area (Å²) in [6.45, 7) is 0. The van der Waals surface area contributed by atoms with Crippen molar-refractivity contribution < 1.29 is 4.79 Å². The summed E-state index contributed by atoms with van der Waals surface area (Å²) in [6, 6.07) is 15.2. The van der Waals surface area contributed by atoms with Gasteiger partial charge in [0.2, 0.25) is 0 Å². The van der Waals surface area contributed by atoms with Crippen molar-refractivity contribution in [3.8, 4) is 0 Å². The van der Waals surface area contributed by atoms with Crippen molar-refractivity contribution in [2.24, 2.45) is 0 Å². The molecule has 0 aliphatic carbocycles. The predicted molar refractivity (Wildman–Crippen MR) is 88.1 cm³/mol. The molecule has 2 N–H and O–H groups in total. The van der Waals surface area contributed by atoms with E-state index in [1.165, 1.54) is 10.5 Å². The van der Waals surface area contributed by atoms with Gasteiger partial charge in [-0.1, -0.05) is 35.9 Å². The molecule has 0 saturated carbocycles. The normalized spacial score (nSPS) is 16.9. The Balaban J connectivity index is 1.68. The molecule has 0 radical (unpaired) electrons. The van der Waals surface area contributed by atoms with Crippen molar-refractivity contribution >= 4 is 35.1 Å². The maximum atomic E-state index is 12.1. The van der Waals surface area contributed by atoms with Crippen LogP contribution in [0.2, 0.25) is 5.02 Å². The third-order valence-electron chi connectivity index (χ3n) is 3.35. The maximum absolute atomic E-state index is 12.1. The highest BCUT2D eigenvalue weighted by Gasteiger charge is 2.21. The number of urea groups is 1. The molecule has 2 aromatic rings. The molecule has 0 fully saturated rings. The van der Waals surface area contributed by atoms with Gasteiger partial charge in [-0.05, 0) is 36.2 Å². The van der Waals surface area contributed by atoms with Crippen LogP contribution in [0.3, 0.4) is 0 Å². The van der Waals surface area contributed by atoms with E-state index < -0.39 is 0 Å². The van der Waals surface area contributed by atoms with Gasteiger partial charge in [-0.25, -0.2) is 4.79 Å². The van der Waals surface area contributed by atoms with Gasteiger partial charge in [0, 0.05) is 21.4 Å². The van der Waals surface area contributed by atoms with Crippen LogP contribution in [0.15, 0.2) is 53.4 Å². The molecular formula is C16H15ClN2OS. The SMILES string of the molecule is O=C(Nc1cccc(Cl)c1)N[C@H]1CCSc2ccccc21. The van der Waals surface area contributed by atoms with Gasteiger partial charge >= 0.3 is 6.03 Å². The van der Waals surface area contributed by atoms with Crippen LogP contribution in [-0.2, 0) is 0 Å². The summed E-state index contributed by atoms with van der Waals surface area (Å²) in [5.74, 6) is 1.01. The Morgan fingerprint density at radius 3 is 2.90 bits per heavy atom. The number of anilines is 1. The number of halogens is 1. The van der Waals surface area contributed by atoms with Crippen LogP contribution < -0.4 is 10.6 Å². The highest BCUT2D eigenvalue weighted by Crippen LogP contribution is 2.35. The lowest BCUT2D eigenvalue weighted by atomic mass is 10.0. The summed E-state index contributed by atoms with van der Waals surface area (Å²) >= 11 is 7.75. The van der Waals surface area contributed by atoms with E-state index in [4.69, 9.17) is 11.6 Å². The second kappa shape index (κ2) is 6.41. The number of benzene rings is 2. The van der Waals surface area contributed by atoms with Crippen LogP contribution in [0, 0.1) is 0 Å². The van der Waals surface area contributed by atoms with Crippen LogP contribution in [0.4, 0.5) is 10.5 Å². The lowest BCUT2D eigenvalue weighted by Gasteiger charge is -2.25. The molecule has 0 spiro atoms. The fraction of sp³-hybridized carbons (Fsp3) is 0.188. The van der Waals surface area contributed by atoms with Gasteiger partial charge in [-0.3, -0.25) is 0 Å². The van der Waals surface area contributed by atoms with E-state index in [0.717, 1.165) is 12.2 Å². The van der Waals surface area contributed by atoms with Crippen molar-refractivity contribution in [3.63, 3.8) is 0 Å². The summed E-state index contributed by atoms with van der Waals surface area (Å²) in [5, 5.41) is 6.46. The molecule has 2 amide bonds. The minimum atomic E-state index is -0.205. The average Bonchev–Trinajstić information content (AvgIpc) is 2.47. The molecule has 0 saturated heterocycles. The predicted octanol–water partition coefficient (Wildman–Crippen LogP) is 4.70. The highest BCUT2D eigenvalue weighted by molar-refractivity contribution is 7.99. The molecule has 1 heterocycles. The van der Waals surface area contributed by atoms with E-state index >= 15 is 0 Å². The topological polar surface area (TPSA) is 41.1 Å². The summed E-state index contributed by atoms with van der Waals surface area (Å²) in [4.78, 5) is 13.4. The number of rotatable bonds is 2. The molecule has 1 aliphatic rings. The third kappa shape index (κ3) is 3.52. The molecule has 1 atom stereocenters. The van der Waals surface area contributed by atoms with Crippen LogP contribution in [-0.4, -0.2) is 11.8 Å². The number of amides is 2. The van der Waals surface area contributed by atoms with E-state index in [2.05, 4.69) is 22.8 Å². The van der Waals surface area contributed by atoms with Crippen LogP contribution >= 0.6 is 23.4 Å². The number of nitrogens with one attached hydrogen (secondary N) is 2. The first kappa shape index (κ1) is 14.3. The quantitative estimate of drug-likeness (QED) is 0.842. The van der Waals surface area contributed by atoms with Gasteiger partial charge in [-0.15, -0.1) is 11.8 Å². The van der Waals surface area contributed by atoms with Gasteiger partial charge in [0.05, 0.1) is 6.04 Å². The van der Waals surface area contributed by atoms with Gasteiger partial charge in [0.15, 0.2) is 0 Å². The summed E-state index contributed by atoms with van der Waals surface area (Å²) in [6.07, 6.45) is 0.935. The van der Waals surface area contributed by atoms with Gasteiger partial charge in [0.25, 0.3) is 0 Å². The fourth-order valence-electron chi connectivity index (χ4n) is 2.38. The minimum Gasteiger partial charge on any atom is -0.331 e. The molecule has 21 heavy (non-hydrogen) atoms. The van der Waals surface area contributed by atoms with Crippen molar-refractivity contribution in [1.82, 2.24) is 5.32 Å². The maximum Gasteiger partial charge on any atom is 0.319 e. The number of carbonyl (C=O) groups excluding carboxylic acids is 1. The number of fused-ring (bicyclic) bond motifs is 1. The molecule has 1 aliphatic heterocycles. The van der Waals surface area contributed by atoms with Crippen LogP contribution in [0.1, 0.15) is 18.0 Å². The number of carbonyl (C=O) groups is 1. The Morgan fingerprint density at radius 2 is 2.05 bits per heavy atom. The Kier molecular flexibility index (Phi) is 4.36. The monoisotopic (exact) mass is 318 g/mol. The number of hydrogen-bond donors (Lipinski definition) is 2. The molecule has 3 rings (SSSR count). The van der Waals surface area contributed by atoms with E-state index in [1.807, 2.05) is 36.0 Å². The van der Waals surface area contributed by atoms with Crippen LogP contribution in [0.25, 0.3) is 0 Å². The Bertz CT molecular complexity index is 662.